The lowest BCUT2D eigenvalue weighted by Crippen LogP contribution is -2.21. The van der Waals surface area contributed by atoms with Crippen molar-refractivity contribution in [2.75, 3.05) is 14.2 Å². The van der Waals surface area contributed by atoms with Gasteiger partial charge in [0.15, 0.2) is 11.5 Å². The van der Waals surface area contributed by atoms with E-state index in [2.05, 4.69) is 6.07 Å². The molecule has 1 aromatic heterocycles. The third-order valence-corrected chi connectivity index (χ3v) is 3.26. The molecule has 0 atom stereocenters. The van der Waals surface area contributed by atoms with Crippen LogP contribution < -0.4 is 15.0 Å². The van der Waals surface area contributed by atoms with E-state index in [-0.39, 0.29) is 5.56 Å². The Hall–Kier alpha value is -2.48. The molecule has 21 heavy (non-hydrogen) atoms. The molecule has 0 aliphatic heterocycles. The van der Waals surface area contributed by atoms with Crippen molar-refractivity contribution in [2.24, 2.45) is 7.05 Å². The first-order valence-corrected chi connectivity index (χ1v) is 6.70. The minimum absolute atomic E-state index is 0.224. The van der Waals surface area contributed by atoms with E-state index in [0.717, 1.165) is 5.56 Å². The molecule has 1 heterocycles. The number of hydrogen-bond donors (Lipinski definition) is 0. The van der Waals surface area contributed by atoms with Crippen LogP contribution >= 0.6 is 0 Å². The molecule has 0 radical (unpaired) electrons. The van der Waals surface area contributed by atoms with Crippen LogP contribution in [0.4, 0.5) is 0 Å². The Morgan fingerprint density at radius 3 is 2.00 bits per heavy atom. The van der Waals surface area contributed by atoms with E-state index in [1.54, 1.807) is 19.2 Å². The van der Waals surface area contributed by atoms with Crippen molar-refractivity contribution >= 4 is 10.8 Å². The van der Waals surface area contributed by atoms with Crippen LogP contribution in [0.2, 0.25) is 0 Å². The largest absolute Gasteiger partial charge is 0.493 e. The lowest BCUT2D eigenvalue weighted by molar-refractivity contribution is 0.356. The van der Waals surface area contributed by atoms with E-state index in [9.17, 15) is 4.79 Å². The molecular weight excluding hydrogens is 268 g/mol. The molecule has 0 fully saturated rings. The van der Waals surface area contributed by atoms with E-state index < -0.39 is 0 Å². The van der Waals surface area contributed by atoms with Crippen LogP contribution in [0.5, 0.6) is 11.5 Å². The fraction of sp³-hybridized carbons (Fsp3) is 0.375. The van der Waals surface area contributed by atoms with Gasteiger partial charge in [-0.25, -0.2) is 0 Å². The van der Waals surface area contributed by atoms with Crippen molar-refractivity contribution in [3.05, 3.63) is 33.7 Å². The van der Waals surface area contributed by atoms with Crippen LogP contribution in [0, 0.1) is 18.3 Å². The molecule has 1 aromatic carbocycles. The van der Waals surface area contributed by atoms with Crippen molar-refractivity contribution in [1.29, 1.82) is 5.26 Å². The Morgan fingerprint density at radius 2 is 1.57 bits per heavy atom. The number of rotatable bonds is 2. The summed E-state index contributed by atoms with van der Waals surface area (Å²) in [6.45, 7) is 5.81. The van der Waals surface area contributed by atoms with Gasteiger partial charge in [-0.2, -0.15) is 5.26 Å². The molecule has 2 aromatic rings. The van der Waals surface area contributed by atoms with E-state index in [4.69, 9.17) is 14.7 Å². The minimum Gasteiger partial charge on any atom is -0.493 e. The predicted molar refractivity (Wildman–Crippen MR) is 83.1 cm³/mol. The maximum atomic E-state index is 12.2. The Balaban J connectivity index is 0.00000106. The molecular formula is C16H20N2O3. The number of aromatic nitrogens is 1. The van der Waals surface area contributed by atoms with Gasteiger partial charge < -0.3 is 14.0 Å². The summed E-state index contributed by atoms with van der Waals surface area (Å²) in [5, 5.41) is 10.4. The molecule has 0 aliphatic rings. The number of fused-ring (bicyclic) bond motifs is 1. The first kappa shape index (κ1) is 16.6. The molecule has 0 saturated carbocycles. The van der Waals surface area contributed by atoms with Crippen LogP contribution in [-0.4, -0.2) is 18.8 Å². The Kier molecular flexibility index (Phi) is 5.37. The number of nitrogens with zero attached hydrogens (tertiary/aromatic N) is 2. The number of aryl methyl sites for hydroxylation is 1. The number of methoxy groups -OCH3 is 2. The summed E-state index contributed by atoms with van der Waals surface area (Å²) in [6, 6.07) is 5.42. The average Bonchev–Trinajstić information content (AvgIpc) is 2.54. The zero-order valence-corrected chi connectivity index (χ0v) is 13.3. The van der Waals surface area contributed by atoms with Gasteiger partial charge in [0, 0.05) is 7.05 Å². The SMILES string of the molecule is CC.COc1cc2c(C)c(C#N)n(C)c(=O)c2cc1OC. The summed E-state index contributed by atoms with van der Waals surface area (Å²) in [5.74, 6) is 1.03. The summed E-state index contributed by atoms with van der Waals surface area (Å²) in [5.41, 5.74) is 0.878. The molecule has 0 spiro atoms. The first-order valence-electron chi connectivity index (χ1n) is 6.70. The summed E-state index contributed by atoms with van der Waals surface area (Å²) in [6.07, 6.45) is 0. The zero-order chi connectivity index (χ0) is 16.2. The molecule has 0 unspecified atom stereocenters. The van der Waals surface area contributed by atoms with Gasteiger partial charge in [-0.05, 0) is 30.0 Å². The summed E-state index contributed by atoms with van der Waals surface area (Å²) in [7, 11) is 4.64. The fourth-order valence-corrected chi connectivity index (χ4v) is 2.19. The third kappa shape index (κ3) is 2.70. The average molecular weight is 288 g/mol. The van der Waals surface area contributed by atoms with Gasteiger partial charge in [0.2, 0.25) is 0 Å². The Bertz CT molecular complexity index is 755. The highest BCUT2D eigenvalue weighted by Gasteiger charge is 2.15. The van der Waals surface area contributed by atoms with Crippen molar-refractivity contribution in [1.82, 2.24) is 4.57 Å². The highest BCUT2D eigenvalue weighted by atomic mass is 16.5. The molecule has 0 saturated heterocycles. The second kappa shape index (κ2) is 6.80. The van der Waals surface area contributed by atoms with Gasteiger partial charge in [0.05, 0.1) is 19.6 Å². The Labute approximate surface area is 124 Å². The van der Waals surface area contributed by atoms with Crippen molar-refractivity contribution in [2.45, 2.75) is 20.8 Å². The van der Waals surface area contributed by atoms with E-state index in [1.807, 2.05) is 20.8 Å². The lowest BCUT2D eigenvalue weighted by Gasteiger charge is -2.13. The standard InChI is InChI=1S/C14H14N2O3.C2H6/c1-8-9-5-12(18-3)13(19-4)6-10(9)14(17)16(2)11(8)7-15;1-2/h5-6H,1-4H3;1-2H3. The molecule has 5 heteroatoms. The normalized spacial score (nSPS) is 9.57. The van der Waals surface area contributed by atoms with Crippen LogP contribution in [0.3, 0.4) is 0 Å². The molecule has 112 valence electrons. The minimum atomic E-state index is -0.224. The van der Waals surface area contributed by atoms with E-state index in [0.29, 0.717) is 28.0 Å². The number of ether oxygens (including phenoxy) is 2. The summed E-state index contributed by atoms with van der Waals surface area (Å²) in [4.78, 5) is 12.2. The quantitative estimate of drug-likeness (QED) is 0.852. The number of hydrogen-bond acceptors (Lipinski definition) is 4. The van der Waals surface area contributed by atoms with Gasteiger partial charge in [-0.1, -0.05) is 13.8 Å². The van der Waals surface area contributed by atoms with Gasteiger partial charge in [0.1, 0.15) is 11.8 Å². The monoisotopic (exact) mass is 288 g/mol. The van der Waals surface area contributed by atoms with Crippen LogP contribution in [-0.2, 0) is 7.05 Å². The molecule has 0 bridgehead atoms. The van der Waals surface area contributed by atoms with Gasteiger partial charge in [-0.3, -0.25) is 4.79 Å². The number of nitriles is 1. The highest BCUT2D eigenvalue weighted by Crippen LogP contribution is 2.32. The molecule has 0 aliphatic carbocycles. The van der Waals surface area contributed by atoms with Gasteiger partial charge in [0.25, 0.3) is 5.56 Å². The fourth-order valence-electron chi connectivity index (χ4n) is 2.19. The van der Waals surface area contributed by atoms with Crippen molar-refractivity contribution < 1.29 is 9.47 Å². The maximum Gasteiger partial charge on any atom is 0.259 e. The van der Waals surface area contributed by atoms with Crippen LogP contribution in [0.25, 0.3) is 10.8 Å². The lowest BCUT2D eigenvalue weighted by atomic mass is 10.0. The molecule has 0 amide bonds. The number of pyridine rings is 1. The molecule has 0 N–H and O–H groups in total. The molecule has 2 rings (SSSR count). The first-order chi connectivity index (χ1) is 10.0. The van der Waals surface area contributed by atoms with Gasteiger partial charge in [-0.15, -0.1) is 0 Å². The number of benzene rings is 1. The van der Waals surface area contributed by atoms with E-state index >= 15 is 0 Å². The third-order valence-electron chi connectivity index (χ3n) is 3.26. The second-order valence-electron chi connectivity index (χ2n) is 4.20. The second-order valence-corrected chi connectivity index (χ2v) is 4.20. The van der Waals surface area contributed by atoms with Crippen LogP contribution in [0.1, 0.15) is 25.1 Å². The smallest absolute Gasteiger partial charge is 0.259 e. The topological polar surface area (TPSA) is 64.2 Å². The summed E-state index contributed by atoms with van der Waals surface area (Å²) >= 11 is 0. The summed E-state index contributed by atoms with van der Waals surface area (Å²) < 4.78 is 11.8. The molecule has 5 nitrogen and oxygen atoms in total. The Morgan fingerprint density at radius 1 is 1.10 bits per heavy atom. The maximum absolute atomic E-state index is 12.2. The zero-order valence-electron chi connectivity index (χ0n) is 13.3. The van der Waals surface area contributed by atoms with Crippen LogP contribution in [0.15, 0.2) is 16.9 Å². The highest BCUT2D eigenvalue weighted by molar-refractivity contribution is 5.89. The van der Waals surface area contributed by atoms with E-state index in [1.165, 1.54) is 18.8 Å². The van der Waals surface area contributed by atoms with Crippen molar-refractivity contribution in [3.8, 4) is 17.6 Å². The van der Waals surface area contributed by atoms with Crippen molar-refractivity contribution in [3.63, 3.8) is 0 Å². The van der Waals surface area contributed by atoms with Gasteiger partial charge >= 0.3 is 0 Å². The predicted octanol–water partition coefficient (Wildman–Crippen LogP) is 2.76.